The molecule has 0 aliphatic carbocycles. The van der Waals surface area contributed by atoms with Crippen molar-refractivity contribution in [3.05, 3.63) is 29.8 Å². The number of amides is 1. The van der Waals surface area contributed by atoms with Gasteiger partial charge >= 0.3 is 5.97 Å². The van der Waals surface area contributed by atoms with Crippen molar-refractivity contribution in [3.63, 3.8) is 0 Å². The van der Waals surface area contributed by atoms with E-state index < -0.39 is 16.0 Å². The fourth-order valence-electron chi connectivity index (χ4n) is 3.01. The van der Waals surface area contributed by atoms with Gasteiger partial charge in [-0.05, 0) is 31.5 Å². The van der Waals surface area contributed by atoms with Crippen LogP contribution in [0.4, 0.5) is 0 Å². The summed E-state index contributed by atoms with van der Waals surface area (Å²) in [6.45, 7) is 1.47. The first-order valence-corrected chi connectivity index (χ1v) is 10.5. The van der Waals surface area contributed by atoms with Gasteiger partial charge in [0.05, 0.1) is 17.9 Å². The highest BCUT2D eigenvalue weighted by Gasteiger charge is 2.27. The zero-order chi connectivity index (χ0) is 19.9. The lowest BCUT2D eigenvalue weighted by Gasteiger charge is -2.27. The van der Waals surface area contributed by atoms with Gasteiger partial charge in [-0.15, -0.1) is 12.4 Å². The number of rotatable bonds is 9. The van der Waals surface area contributed by atoms with Crippen molar-refractivity contribution >= 4 is 34.3 Å². The van der Waals surface area contributed by atoms with Gasteiger partial charge in [-0.2, -0.15) is 4.31 Å². The maximum atomic E-state index is 12.9. The van der Waals surface area contributed by atoms with Gasteiger partial charge in [0.1, 0.15) is 0 Å². The summed E-state index contributed by atoms with van der Waals surface area (Å²) in [5, 5.41) is 11.4. The third-order valence-corrected chi connectivity index (χ3v) is 6.50. The fourth-order valence-corrected chi connectivity index (χ4v) is 4.75. The standard InChI is InChI=1S/C18H27N3O5S.ClH/c1-20(12-9-18(23)24)14-17(22)19-13-15-7-3-4-8-16(15)27(25,26)21-10-5-2-6-11-21;/h3-4,7-8H,2,5-6,9-14H2,1H3,(H,19,22)(H,23,24);1H. The molecule has 0 spiro atoms. The molecule has 0 aromatic heterocycles. The summed E-state index contributed by atoms with van der Waals surface area (Å²) >= 11 is 0. The monoisotopic (exact) mass is 433 g/mol. The van der Waals surface area contributed by atoms with Crippen LogP contribution in [0.5, 0.6) is 0 Å². The van der Waals surface area contributed by atoms with Gasteiger partial charge in [0, 0.05) is 26.2 Å². The van der Waals surface area contributed by atoms with E-state index in [1.54, 1.807) is 36.2 Å². The molecule has 2 N–H and O–H groups in total. The number of aliphatic carboxylic acids is 1. The molecule has 158 valence electrons. The topological polar surface area (TPSA) is 107 Å². The molecule has 0 unspecified atom stereocenters. The predicted molar refractivity (Wildman–Crippen MR) is 108 cm³/mol. The SMILES string of the molecule is CN(CCC(=O)O)CC(=O)NCc1ccccc1S(=O)(=O)N1CCCCC1.Cl. The molecule has 1 aliphatic rings. The van der Waals surface area contributed by atoms with Gasteiger partial charge < -0.3 is 10.4 Å². The van der Waals surface area contributed by atoms with Gasteiger partial charge in [0.15, 0.2) is 0 Å². The fraction of sp³-hybridized carbons (Fsp3) is 0.556. The Balaban J connectivity index is 0.00000392. The quantitative estimate of drug-likeness (QED) is 0.608. The number of halogens is 1. The molecular weight excluding hydrogens is 406 g/mol. The van der Waals surface area contributed by atoms with E-state index in [1.165, 1.54) is 4.31 Å². The van der Waals surface area contributed by atoms with Crippen molar-refractivity contribution in [1.29, 1.82) is 0 Å². The number of nitrogens with zero attached hydrogens (tertiary/aromatic N) is 2. The summed E-state index contributed by atoms with van der Waals surface area (Å²) in [7, 11) is -1.91. The lowest BCUT2D eigenvalue weighted by Crippen LogP contribution is -2.37. The molecule has 1 aromatic carbocycles. The number of nitrogens with one attached hydrogen (secondary N) is 1. The molecule has 0 saturated carbocycles. The molecule has 1 amide bonds. The van der Waals surface area contributed by atoms with E-state index in [4.69, 9.17) is 5.11 Å². The van der Waals surface area contributed by atoms with Crippen LogP contribution < -0.4 is 5.32 Å². The van der Waals surface area contributed by atoms with Crippen molar-refractivity contribution in [2.45, 2.75) is 37.1 Å². The molecular formula is C18H28ClN3O5S. The summed E-state index contributed by atoms with van der Waals surface area (Å²) in [6, 6.07) is 6.70. The van der Waals surface area contributed by atoms with Gasteiger partial charge in [-0.1, -0.05) is 24.6 Å². The first-order chi connectivity index (χ1) is 12.8. The highest BCUT2D eigenvalue weighted by atomic mass is 35.5. The van der Waals surface area contributed by atoms with Crippen LogP contribution in [0, 0.1) is 0 Å². The third kappa shape index (κ3) is 7.05. The third-order valence-electron chi connectivity index (χ3n) is 4.50. The Morgan fingerprint density at radius 3 is 2.46 bits per heavy atom. The second-order valence-electron chi connectivity index (χ2n) is 6.73. The average molecular weight is 434 g/mol. The van der Waals surface area contributed by atoms with Crippen molar-refractivity contribution < 1.29 is 23.1 Å². The molecule has 28 heavy (non-hydrogen) atoms. The molecule has 10 heteroatoms. The molecule has 8 nitrogen and oxygen atoms in total. The van der Waals surface area contributed by atoms with E-state index in [0.717, 1.165) is 19.3 Å². The maximum Gasteiger partial charge on any atom is 0.304 e. The van der Waals surface area contributed by atoms with Crippen LogP contribution in [0.15, 0.2) is 29.2 Å². The lowest BCUT2D eigenvalue weighted by molar-refractivity contribution is -0.137. The second-order valence-corrected chi connectivity index (χ2v) is 8.64. The second kappa shape index (κ2) is 11.4. The number of benzene rings is 1. The summed E-state index contributed by atoms with van der Waals surface area (Å²) in [6.07, 6.45) is 2.72. The molecule has 1 aliphatic heterocycles. The largest absolute Gasteiger partial charge is 0.481 e. The highest BCUT2D eigenvalue weighted by Crippen LogP contribution is 2.23. The van der Waals surface area contributed by atoms with E-state index in [0.29, 0.717) is 18.7 Å². The van der Waals surface area contributed by atoms with Crippen LogP contribution in [0.2, 0.25) is 0 Å². The van der Waals surface area contributed by atoms with Crippen molar-refractivity contribution in [2.24, 2.45) is 0 Å². The number of carbonyl (C=O) groups excluding carboxylic acids is 1. The Morgan fingerprint density at radius 1 is 1.18 bits per heavy atom. The van der Waals surface area contributed by atoms with Crippen LogP contribution >= 0.6 is 12.4 Å². The normalized spacial score (nSPS) is 15.1. The Morgan fingerprint density at radius 2 is 1.82 bits per heavy atom. The average Bonchev–Trinajstić information content (AvgIpc) is 2.65. The van der Waals surface area contributed by atoms with Crippen LogP contribution in [0.1, 0.15) is 31.2 Å². The van der Waals surface area contributed by atoms with Crippen molar-refractivity contribution in [3.8, 4) is 0 Å². The molecule has 0 radical (unpaired) electrons. The number of piperidine rings is 1. The molecule has 1 aromatic rings. The number of hydrogen-bond donors (Lipinski definition) is 2. The van der Waals surface area contributed by atoms with Crippen molar-refractivity contribution in [1.82, 2.24) is 14.5 Å². The van der Waals surface area contributed by atoms with E-state index in [2.05, 4.69) is 5.32 Å². The number of likely N-dealkylation sites (N-methyl/N-ethyl adjacent to an activating group) is 1. The maximum absolute atomic E-state index is 12.9. The molecule has 2 rings (SSSR count). The zero-order valence-corrected chi connectivity index (χ0v) is 17.6. The number of hydrogen-bond acceptors (Lipinski definition) is 5. The van der Waals surface area contributed by atoms with Gasteiger partial charge in [-0.3, -0.25) is 14.5 Å². The summed E-state index contributed by atoms with van der Waals surface area (Å²) < 4.78 is 27.4. The number of carbonyl (C=O) groups is 2. The summed E-state index contributed by atoms with van der Waals surface area (Å²) in [5.74, 6) is -1.20. The minimum atomic E-state index is -3.58. The Bertz CT molecular complexity index is 766. The molecule has 1 heterocycles. The predicted octanol–water partition coefficient (Wildman–Crippen LogP) is 1.31. The first kappa shape index (κ1) is 24.4. The molecule has 0 bridgehead atoms. The van der Waals surface area contributed by atoms with E-state index >= 15 is 0 Å². The molecule has 1 fully saturated rings. The minimum Gasteiger partial charge on any atom is -0.481 e. The summed E-state index contributed by atoms with van der Waals surface area (Å²) in [4.78, 5) is 24.5. The van der Waals surface area contributed by atoms with Crippen LogP contribution in [-0.4, -0.2) is 67.8 Å². The van der Waals surface area contributed by atoms with Crippen LogP contribution in [0.25, 0.3) is 0 Å². The molecule has 0 atom stereocenters. The van der Waals surface area contributed by atoms with Gasteiger partial charge in [0.25, 0.3) is 0 Å². The smallest absolute Gasteiger partial charge is 0.304 e. The van der Waals surface area contributed by atoms with E-state index in [1.807, 2.05) is 0 Å². The number of carboxylic acid groups (broad SMARTS) is 1. The van der Waals surface area contributed by atoms with E-state index in [9.17, 15) is 18.0 Å². The Kier molecular flexibility index (Phi) is 9.88. The minimum absolute atomic E-state index is 0. The number of carboxylic acids is 1. The van der Waals surface area contributed by atoms with Crippen LogP contribution in [0.3, 0.4) is 0 Å². The lowest BCUT2D eigenvalue weighted by atomic mass is 10.2. The van der Waals surface area contributed by atoms with Crippen LogP contribution in [-0.2, 0) is 26.2 Å². The highest BCUT2D eigenvalue weighted by molar-refractivity contribution is 7.89. The van der Waals surface area contributed by atoms with Crippen molar-refractivity contribution in [2.75, 3.05) is 33.2 Å². The Labute approximate surface area is 172 Å². The number of sulfonamides is 1. The Hall–Kier alpha value is -1.68. The zero-order valence-electron chi connectivity index (χ0n) is 16.0. The summed E-state index contributed by atoms with van der Waals surface area (Å²) in [5.41, 5.74) is 0.546. The van der Waals surface area contributed by atoms with E-state index in [-0.39, 0.29) is 49.3 Å². The molecule has 1 saturated heterocycles. The van der Waals surface area contributed by atoms with Gasteiger partial charge in [0.2, 0.25) is 15.9 Å². The first-order valence-electron chi connectivity index (χ1n) is 9.06. The van der Waals surface area contributed by atoms with Gasteiger partial charge in [-0.25, -0.2) is 8.42 Å².